The Balaban J connectivity index is 2.00. The maximum atomic E-state index is 5.98. The summed E-state index contributed by atoms with van der Waals surface area (Å²) < 4.78 is 5.98. The molecular weight excluding hydrogens is 290 g/mol. The van der Waals surface area contributed by atoms with Crippen LogP contribution in [0.5, 0.6) is 0 Å². The Morgan fingerprint density at radius 1 is 1.35 bits per heavy atom. The van der Waals surface area contributed by atoms with Crippen molar-refractivity contribution in [2.75, 3.05) is 39.3 Å². The van der Waals surface area contributed by atoms with Crippen LogP contribution in [0.3, 0.4) is 0 Å². The summed E-state index contributed by atoms with van der Waals surface area (Å²) in [7, 11) is 0. The number of ether oxygens (including phenoxy) is 1. The topological polar surface area (TPSA) is 74.6 Å². The van der Waals surface area contributed by atoms with E-state index in [1.165, 1.54) is 0 Å². The summed E-state index contributed by atoms with van der Waals surface area (Å²) in [5, 5.41) is 6.83. The van der Waals surface area contributed by atoms with Crippen molar-refractivity contribution in [1.29, 1.82) is 0 Å². The Morgan fingerprint density at radius 3 is 2.83 bits per heavy atom. The highest BCUT2D eigenvalue weighted by molar-refractivity contribution is 5.40. The summed E-state index contributed by atoms with van der Waals surface area (Å²) in [6, 6.07) is 0.108. The molecule has 2 aliphatic heterocycles. The van der Waals surface area contributed by atoms with Gasteiger partial charge >= 0.3 is 0 Å². The quantitative estimate of drug-likeness (QED) is 0.368. The van der Waals surface area contributed by atoms with E-state index < -0.39 is 0 Å². The van der Waals surface area contributed by atoms with Gasteiger partial charge in [0.05, 0.1) is 17.4 Å². The highest BCUT2D eigenvalue weighted by atomic mass is 16.5. The number of hydrogen-bond acceptors (Lipinski definition) is 6. The molecular formula is C17H29N5O. The zero-order valence-corrected chi connectivity index (χ0v) is 14.1. The van der Waals surface area contributed by atoms with Gasteiger partial charge in [-0.2, -0.15) is 0 Å². The van der Waals surface area contributed by atoms with Crippen LogP contribution in [0.25, 0.3) is 0 Å². The van der Waals surface area contributed by atoms with E-state index in [2.05, 4.69) is 59.1 Å². The number of allylic oxidation sites excluding steroid dienone is 3. The molecule has 0 fully saturated rings. The Kier molecular flexibility index (Phi) is 7.19. The van der Waals surface area contributed by atoms with Crippen LogP contribution in [0.2, 0.25) is 0 Å². The van der Waals surface area contributed by atoms with Gasteiger partial charge in [-0.15, -0.1) is 0 Å². The van der Waals surface area contributed by atoms with Crippen LogP contribution in [0.4, 0.5) is 0 Å². The highest BCUT2D eigenvalue weighted by Gasteiger charge is 2.17. The van der Waals surface area contributed by atoms with E-state index in [4.69, 9.17) is 10.6 Å². The van der Waals surface area contributed by atoms with Crippen molar-refractivity contribution in [3.05, 3.63) is 47.5 Å². The average molecular weight is 319 g/mol. The third kappa shape index (κ3) is 5.42. The molecule has 0 aliphatic carbocycles. The second-order valence-electron chi connectivity index (χ2n) is 5.55. The van der Waals surface area contributed by atoms with Gasteiger partial charge in [0.1, 0.15) is 12.4 Å². The molecule has 23 heavy (non-hydrogen) atoms. The molecule has 0 aromatic heterocycles. The lowest BCUT2D eigenvalue weighted by molar-refractivity contribution is 0.169. The zero-order chi connectivity index (χ0) is 16.5. The molecule has 0 radical (unpaired) electrons. The van der Waals surface area contributed by atoms with Gasteiger partial charge in [-0.1, -0.05) is 26.0 Å². The van der Waals surface area contributed by atoms with Crippen molar-refractivity contribution in [2.24, 2.45) is 5.84 Å². The third-order valence-electron chi connectivity index (χ3n) is 4.00. The average Bonchev–Trinajstić information content (AvgIpc) is 2.60. The summed E-state index contributed by atoms with van der Waals surface area (Å²) in [4.78, 5) is 2.35. The smallest absolute Gasteiger partial charge is 0.119 e. The predicted octanol–water partition coefficient (Wildman–Crippen LogP) is 0.591. The molecule has 0 amide bonds. The number of hydrogen-bond donors (Lipinski definition) is 4. The molecule has 0 spiro atoms. The predicted molar refractivity (Wildman–Crippen MR) is 94.2 cm³/mol. The third-order valence-corrected chi connectivity index (χ3v) is 4.00. The van der Waals surface area contributed by atoms with Gasteiger partial charge in [-0.3, -0.25) is 11.3 Å². The van der Waals surface area contributed by atoms with Crippen LogP contribution in [0.1, 0.15) is 13.8 Å². The first kappa shape index (κ1) is 17.6. The molecule has 5 N–H and O–H groups in total. The van der Waals surface area contributed by atoms with E-state index in [-0.39, 0.29) is 6.04 Å². The standard InChI is InChI=1S/C17H29N5O/c1-3-22(4-2)9-10-23-15-11-14(13-20-18)21-17(12-15)16-7-5-6-8-19-16/h5-7,11-12,14,19-21H,3-4,8-10,13,18H2,1-2H3. The van der Waals surface area contributed by atoms with E-state index in [9.17, 15) is 0 Å². The Hall–Kier alpha value is -1.76. The molecule has 0 saturated heterocycles. The van der Waals surface area contributed by atoms with Crippen LogP contribution in [-0.4, -0.2) is 50.3 Å². The largest absolute Gasteiger partial charge is 0.492 e. The van der Waals surface area contributed by atoms with Crippen LogP contribution in [0.15, 0.2) is 47.5 Å². The lowest BCUT2D eigenvalue weighted by Gasteiger charge is -2.27. The lowest BCUT2D eigenvalue weighted by Crippen LogP contribution is -2.42. The minimum absolute atomic E-state index is 0.108. The van der Waals surface area contributed by atoms with Crippen molar-refractivity contribution in [1.82, 2.24) is 21.0 Å². The van der Waals surface area contributed by atoms with E-state index in [0.717, 1.165) is 43.3 Å². The van der Waals surface area contributed by atoms with Crippen molar-refractivity contribution in [3.63, 3.8) is 0 Å². The molecule has 128 valence electrons. The molecule has 2 aliphatic rings. The van der Waals surface area contributed by atoms with Gasteiger partial charge in [-0.25, -0.2) is 0 Å². The van der Waals surface area contributed by atoms with Crippen LogP contribution >= 0.6 is 0 Å². The monoisotopic (exact) mass is 319 g/mol. The minimum Gasteiger partial charge on any atom is -0.492 e. The van der Waals surface area contributed by atoms with Gasteiger partial charge in [0.25, 0.3) is 0 Å². The first-order chi connectivity index (χ1) is 11.3. The maximum absolute atomic E-state index is 5.98. The number of likely N-dealkylation sites (N-methyl/N-ethyl adjacent to an activating group) is 1. The normalized spacial score (nSPS) is 20.3. The van der Waals surface area contributed by atoms with Crippen molar-refractivity contribution >= 4 is 0 Å². The second-order valence-corrected chi connectivity index (χ2v) is 5.55. The van der Waals surface area contributed by atoms with E-state index in [1.807, 2.05) is 6.08 Å². The first-order valence-electron chi connectivity index (χ1n) is 8.36. The molecule has 2 rings (SSSR count). The SMILES string of the molecule is CCN(CC)CCOC1=CC(CNN)NC(C2=CC=CCN2)=C1. The fourth-order valence-corrected chi connectivity index (χ4v) is 2.63. The van der Waals surface area contributed by atoms with Crippen LogP contribution in [-0.2, 0) is 4.74 Å². The Bertz CT molecular complexity index is 491. The lowest BCUT2D eigenvalue weighted by atomic mass is 10.1. The van der Waals surface area contributed by atoms with E-state index in [0.29, 0.717) is 13.2 Å². The molecule has 1 atom stereocenters. The van der Waals surface area contributed by atoms with Crippen molar-refractivity contribution in [2.45, 2.75) is 19.9 Å². The van der Waals surface area contributed by atoms with Gasteiger partial charge in [0.15, 0.2) is 0 Å². The second kappa shape index (κ2) is 9.39. The molecule has 1 unspecified atom stereocenters. The van der Waals surface area contributed by atoms with E-state index in [1.54, 1.807) is 0 Å². The fraction of sp³-hybridized carbons (Fsp3) is 0.529. The summed E-state index contributed by atoms with van der Waals surface area (Å²) in [5.74, 6) is 6.37. The Labute approximate surface area is 139 Å². The van der Waals surface area contributed by atoms with Crippen molar-refractivity contribution in [3.8, 4) is 0 Å². The zero-order valence-electron chi connectivity index (χ0n) is 14.1. The first-order valence-corrected chi connectivity index (χ1v) is 8.36. The summed E-state index contributed by atoms with van der Waals surface area (Å²) in [5.41, 5.74) is 4.84. The Morgan fingerprint density at radius 2 is 2.17 bits per heavy atom. The molecule has 0 saturated carbocycles. The number of dihydropyridines is 2. The number of nitrogens with zero attached hydrogens (tertiary/aromatic N) is 1. The number of hydrazine groups is 1. The van der Waals surface area contributed by atoms with Crippen LogP contribution < -0.4 is 21.9 Å². The fourth-order valence-electron chi connectivity index (χ4n) is 2.63. The molecule has 6 nitrogen and oxygen atoms in total. The van der Waals surface area contributed by atoms with Gasteiger partial charge in [0, 0.05) is 25.7 Å². The number of nitrogens with two attached hydrogens (primary N) is 1. The summed E-state index contributed by atoms with van der Waals surface area (Å²) in [6.45, 7) is 9.54. The van der Waals surface area contributed by atoms with E-state index >= 15 is 0 Å². The van der Waals surface area contributed by atoms with Crippen molar-refractivity contribution < 1.29 is 4.74 Å². The van der Waals surface area contributed by atoms with Crippen LogP contribution in [0, 0.1) is 0 Å². The van der Waals surface area contributed by atoms with Gasteiger partial charge in [0.2, 0.25) is 0 Å². The molecule has 6 heteroatoms. The summed E-state index contributed by atoms with van der Waals surface area (Å²) in [6.07, 6.45) is 10.3. The maximum Gasteiger partial charge on any atom is 0.119 e. The number of rotatable bonds is 9. The van der Waals surface area contributed by atoms with Gasteiger partial charge < -0.3 is 20.3 Å². The molecule has 0 aromatic rings. The molecule has 0 bridgehead atoms. The number of nitrogens with one attached hydrogen (secondary N) is 3. The van der Waals surface area contributed by atoms with Gasteiger partial charge in [-0.05, 0) is 25.2 Å². The highest BCUT2D eigenvalue weighted by Crippen LogP contribution is 2.17. The minimum atomic E-state index is 0.108. The molecule has 2 heterocycles. The summed E-state index contributed by atoms with van der Waals surface area (Å²) >= 11 is 0. The molecule has 0 aromatic carbocycles.